The Labute approximate surface area is 126 Å². The zero-order chi connectivity index (χ0) is 15.8. The Morgan fingerprint density at radius 1 is 1.38 bits per heavy atom. The minimum absolute atomic E-state index is 0.0390. The number of ether oxygens (including phenoxy) is 1. The van der Waals surface area contributed by atoms with Crippen molar-refractivity contribution >= 4 is 6.03 Å². The number of amides is 2. The number of hydrogen-bond donors (Lipinski definition) is 3. The molecule has 1 aromatic carbocycles. The molecule has 0 aliphatic rings. The van der Waals surface area contributed by atoms with Gasteiger partial charge in [0.2, 0.25) is 0 Å². The number of urea groups is 1. The second kappa shape index (κ2) is 8.52. The average Bonchev–Trinajstić information content (AvgIpc) is 2.47. The van der Waals surface area contributed by atoms with E-state index in [1.54, 1.807) is 7.11 Å². The van der Waals surface area contributed by atoms with Gasteiger partial charge in [-0.25, -0.2) is 4.79 Å². The van der Waals surface area contributed by atoms with Gasteiger partial charge in [0.15, 0.2) is 0 Å². The molecule has 5 nitrogen and oxygen atoms in total. The van der Waals surface area contributed by atoms with Gasteiger partial charge in [0.05, 0.1) is 7.11 Å². The molecular weight excluding hydrogens is 268 g/mol. The van der Waals surface area contributed by atoms with Crippen molar-refractivity contribution in [2.24, 2.45) is 5.92 Å². The van der Waals surface area contributed by atoms with Crippen molar-refractivity contribution in [1.82, 2.24) is 10.6 Å². The highest BCUT2D eigenvalue weighted by molar-refractivity contribution is 5.74. The number of methoxy groups -OCH3 is 1. The second-order valence-electron chi connectivity index (χ2n) is 5.40. The molecule has 0 saturated heterocycles. The Bertz CT molecular complexity index is 463. The lowest BCUT2D eigenvalue weighted by Crippen LogP contribution is -2.44. The van der Waals surface area contributed by atoms with Gasteiger partial charge in [0.25, 0.3) is 0 Å². The Balaban J connectivity index is 2.38. The molecule has 1 rings (SSSR count). The van der Waals surface area contributed by atoms with Crippen LogP contribution in [0.15, 0.2) is 18.2 Å². The number of rotatable bonds is 7. The fraction of sp³-hybridized carbons (Fsp3) is 0.562. The summed E-state index contributed by atoms with van der Waals surface area (Å²) in [5.74, 6) is 0.902. The van der Waals surface area contributed by atoms with Gasteiger partial charge >= 0.3 is 6.03 Å². The number of aryl methyl sites for hydroxylation is 1. The minimum Gasteiger partial charge on any atom is -0.496 e. The first kappa shape index (κ1) is 17.3. The quantitative estimate of drug-likeness (QED) is 0.719. The van der Waals surface area contributed by atoms with Crippen molar-refractivity contribution in [3.05, 3.63) is 29.3 Å². The summed E-state index contributed by atoms with van der Waals surface area (Å²) in [7, 11) is 1.65. The van der Waals surface area contributed by atoms with E-state index in [1.807, 2.05) is 39.0 Å². The number of nitrogens with one attached hydrogen (secondary N) is 2. The third-order valence-electron chi connectivity index (χ3n) is 3.67. The number of hydrogen-bond acceptors (Lipinski definition) is 3. The van der Waals surface area contributed by atoms with Crippen molar-refractivity contribution in [2.45, 2.75) is 33.2 Å². The number of aliphatic hydroxyl groups is 1. The largest absolute Gasteiger partial charge is 0.496 e. The van der Waals surface area contributed by atoms with E-state index in [-0.39, 0.29) is 24.6 Å². The summed E-state index contributed by atoms with van der Waals surface area (Å²) >= 11 is 0. The summed E-state index contributed by atoms with van der Waals surface area (Å²) in [5, 5.41) is 14.7. The van der Waals surface area contributed by atoms with Crippen LogP contribution in [0.25, 0.3) is 0 Å². The van der Waals surface area contributed by atoms with E-state index in [4.69, 9.17) is 9.84 Å². The molecule has 2 amide bonds. The molecule has 0 heterocycles. The van der Waals surface area contributed by atoms with Gasteiger partial charge in [-0.05, 0) is 43.4 Å². The Hall–Kier alpha value is -1.75. The molecule has 0 radical (unpaired) electrons. The van der Waals surface area contributed by atoms with Crippen LogP contribution in [-0.2, 0) is 6.42 Å². The molecule has 0 fully saturated rings. The first-order valence-electron chi connectivity index (χ1n) is 7.26. The monoisotopic (exact) mass is 294 g/mol. The highest BCUT2D eigenvalue weighted by atomic mass is 16.5. The molecule has 2 atom stereocenters. The topological polar surface area (TPSA) is 70.6 Å². The van der Waals surface area contributed by atoms with Gasteiger partial charge < -0.3 is 20.5 Å². The van der Waals surface area contributed by atoms with Crippen LogP contribution in [0.1, 0.15) is 25.0 Å². The highest BCUT2D eigenvalue weighted by Gasteiger charge is 2.13. The van der Waals surface area contributed by atoms with E-state index in [0.717, 1.165) is 23.3 Å². The molecule has 1 aromatic rings. The Morgan fingerprint density at radius 3 is 2.71 bits per heavy atom. The van der Waals surface area contributed by atoms with Crippen molar-refractivity contribution in [1.29, 1.82) is 0 Å². The van der Waals surface area contributed by atoms with Crippen molar-refractivity contribution < 1.29 is 14.6 Å². The smallest absolute Gasteiger partial charge is 0.315 e. The minimum atomic E-state index is -0.207. The summed E-state index contributed by atoms with van der Waals surface area (Å²) in [5.41, 5.74) is 2.22. The second-order valence-corrected chi connectivity index (χ2v) is 5.40. The summed E-state index contributed by atoms with van der Waals surface area (Å²) in [6.45, 7) is 6.38. The predicted molar refractivity (Wildman–Crippen MR) is 83.7 cm³/mol. The summed E-state index contributed by atoms with van der Waals surface area (Å²) in [6.07, 6.45) is 0.744. The van der Waals surface area contributed by atoms with Crippen LogP contribution in [0.5, 0.6) is 5.75 Å². The van der Waals surface area contributed by atoms with Gasteiger partial charge in [-0.2, -0.15) is 0 Å². The fourth-order valence-corrected chi connectivity index (χ4v) is 1.90. The standard InChI is InChI=1S/C16H26N2O3/c1-11-5-6-14(9-15(11)21-4)7-8-17-16(20)18-13(3)12(2)10-19/h5-6,9,12-13,19H,7-8,10H2,1-4H3,(H2,17,18,20). The zero-order valence-electron chi connectivity index (χ0n) is 13.3. The highest BCUT2D eigenvalue weighted by Crippen LogP contribution is 2.18. The molecule has 0 aromatic heterocycles. The molecule has 0 saturated carbocycles. The van der Waals surface area contributed by atoms with Crippen LogP contribution in [0, 0.1) is 12.8 Å². The van der Waals surface area contributed by atoms with Crippen LogP contribution in [0.2, 0.25) is 0 Å². The first-order valence-corrected chi connectivity index (χ1v) is 7.26. The van der Waals surface area contributed by atoms with E-state index < -0.39 is 0 Å². The van der Waals surface area contributed by atoms with Crippen LogP contribution in [0.3, 0.4) is 0 Å². The molecule has 118 valence electrons. The van der Waals surface area contributed by atoms with Crippen LogP contribution < -0.4 is 15.4 Å². The van der Waals surface area contributed by atoms with Crippen LogP contribution in [0.4, 0.5) is 4.79 Å². The molecule has 0 spiro atoms. The lowest BCUT2D eigenvalue weighted by atomic mass is 10.1. The van der Waals surface area contributed by atoms with Gasteiger partial charge in [0, 0.05) is 19.2 Å². The molecular formula is C16H26N2O3. The normalized spacial score (nSPS) is 13.4. The average molecular weight is 294 g/mol. The zero-order valence-corrected chi connectivity index (χ0v) is 13.3. The maximum atomic E-state index is 11.7. The lowest BCUT2D eigenvalue weighted by molar-refractivity contribution is 0.200. The molecule has 21 heavy (non-hydrogen) atoms. The SMILES string of the molecule is COc1cc(CCNC(=O)NC(C)C(C)CO)ccc1C. The maximum Gasteiger partial charge on any atom is 0.315 e. The van der Waals surface area contributed by atoms with Gasteiger partial charge in [-0.15, -0.1) is 0 Å². The van der Waals surface area contributed by atoms with Crippen LogP contribution >= 0.6 is 0 Å². The van der Waals surface area contributed by atoms with E-state index in [0.29, 0.717) is 6.54 Å². The van der Waals surface area contributed by atoms with Gasteiger partial charge in [0.1, 0.15) is 5.75 Å². The number of carbonyl (C=O) groups is 1. The Kier molecular flexibility index (Phi) is 7.02. The summed E-state index contributed by atoms with van der Waals surface area (Å²) in [4.78, 5) is 11.7. The summed E-state index contributed by atoms with van der Waals surface area (Å²) < 4.78 is 5.28. The number of benzene rings is 1. The van der Waals surface area contributed by atoms with Crippen molar-refractivity contribution in [3.63, 3.8) is 0 Å². The molecule has 0 bridgehead atoms. The van der Waals surface area contributed by atoms with Crippen molar-refractivity contribution in [3.8, 4) is 5.75 Å². The van der Waals surface area contributed by atoms with E-state index in [1.165, 1.54) is 0 Å². The molecule has 0 aliphatic carbocycles. The first-order chi connectivity index (χ1) is 9.97. The molecule has 0 aliphatic heterocycles. The predicted octanol–water partition coefficient (Wildman–Crippen LogP) is 1.86. The third kappa shape index (κ3) is 5.63. The maximum absolute atomic E-state index is 11.7. The fourth-order valence-electron chi connectivity index (χ4n) is 1.90. The molecule has 5 heteroatoms. The van der Waals surface area contributed by atoms with E-state index in [9.17, 15) is 4.79 Å². The summed E-state index contributed by atoms with van der Waals surface area (Å²) in [6, 6.07) is 5.77. The molecule has 3 N–H and O–H groups in total. The van der Waals surface area contributed by atoms with Crippen molar-refractivity contribution in [2.75, 3.05) is 20.3 Å². The lowest BCUT2D eigenvalue weighted by Gasteiger charge is -2.19. The third-order valence-corrected chi connectivity index (χ3v) is 3.67. The van der Waals surface area contributed by atoms with E-state index >= 15 is 0 Å². The van der Waals surface area contributed by atoms with Gasteiger partial charge in [-0.3, -0.25) is 0 Å². The Morgan fingerprint density at radius 2 is 2.10 bits per heavy atom. The van der Waals surface area contributed by atoms with E-state index in [2.05, 4.69) is 10.6 Å². The number of aliphatic hydroxyl groups excluding tert-OH is 1. The molecule has 2 unspecified atom stereocenters. The van der Waals surface area contributed by atoms with Crippen LogP contribution in [-0.4, -0.2) is 37.4 Å². The number of carbonyl (C=O) groups excluding carboxylic acids is 1. The van der Waals surface area contributed by atoms with Gasteiger partial charge in [-0.1, -0.05) is 19.1 Å².